The fraction of sp³-hybridized carbons (Fsp3) is 0.455. The standard InChI is InChI=1S/C22H27N3O6S/c1-16-6-7-18(32(28,29)23-15-17-4-2-12-30-17)14-19(16)21(26)24-8-10-25(11-9-24)22(27)20-5-3-13-31-20/h2,4,6-7,12,14,20,23H,3,5,8-11,13,15H2,1H3. The number of rotatable bonds is 6. The van der Waals surface area contributed by atoms with Crippen molar-refractivity contribution in [3.8, 4) is 0 Å². The first-order valence-electron chi connectivity index (χ1n) is 10.7. The van der Waals surface area contributed by atoms with Gasteiger partial charge in [-0.15, -0.1) is 0 Å². The SMILES string of the molecule is Cc1ccc(S(=O)(=O)NCc2ccco2)cc1C(=O)N1CCN(C(=O)C2CCCO2)CC1. The van der Waals surface area contributed by atoms with Gasteiger partial charge in [0, 0.05) is 38.3 Å². The Balaban J connectivity index is 1.42. The number of ether oxygens (including phenoxy) is 1. The zero-order chi connectivity index (χ0) is 22.7. The minimum atomic E-state index is -3.82. The van der Waals surface area contributed by atoms with Crippen molar-refractivity contribution in [1.29, 1.82) is 0 Å². The van der Waals surface area contributed by atoms with Gasteiger partial charge in [0.15, 0.2) is 0 Å². The number of carbonyl (C=O) groups excluding carboxylic acids is 2. The van der Waals surface area contributed by atoms with Gasteiger partial charge in [-0.1, -0.05) is 6.07 Å². The zero-order valence-electron chi connectivity index (χ0n) is 18.0. The Morgan fingerprint density at radius 2 is 1.88 bits per heavy atom. The van der Waals surface area contributed by atoms with Crippen molar-refractivity contribution in [2.45, 2.75) is 37.3 Å². The lowest BCUT2D eigenvalue weighted by Crippen LogP contribution is -2.52. The van der Waals surface area contributed by atoms with Crippen LogP contribution in [0.2, 0.25) is 0 Å². The van der Waals surface area contributed by atoms with Crippen LogP contribution in [0.3, 0.4) is 0 Å². The van der Waals surface area contributed by atoms with Gasteiger partial charge in [0.25, 0.3) is 11.8 Å². The number of carbonyl (C=O) groups is 2. The van der Waals surface area contributed by atoms with Crippen LogP contribution in [-0.4, -0.2) is 68.9 Å². The van der Waals surface area contributed by atoms with E-state index in [2.05, 4.69) is 4.72 Å². The summed E-state index contributed by atoms with van der Waals surface area (Å²) in [6.45, 7) is 4.07. The molecule has 2 aliphatic heterocycles. The minimum absolute atomic E-state index is 0.0125. The molecule has 1 N–H and O–H groups in total. The van der Waals surface area contributed by atoms with Gasteiger partial charge in [-0.3, -0.25) is 9.59 Å². The highest BCUT2D eigenvalue weighted by Gasteiger charge is 2.32. The summed E-state index contributed by atoms with van der Waals surface area (Å²) in [5, 5.41) is 0. The van der Waals surface area contributed by atoms with E-state index >= 15 is 0 Å². The van der Waals surface area contributed by atoms with Crippen LogP contribution in [0.1, 0.15) is 34.5 Å². The summed E-state index contributed by atoms with van der Waals surface area (Å²) in [5.74, 6) is 0.240. The second kappa shape index (κ2) is 9.43. The molecule has 32 heavy (non-hydrogen) atoms. The number of sulfonamides is 1. The molecule has 4 rings (SSSR count). The molecule has 0 radical (unpaired) electrons. The molecule has 0 aliphatic carbocycles. The highest BCUT2D eigenvalue weighted by atomic mass is 32.2. The molecule has 2 aliphatic rings. The van der Waals surface area contributed by atoms with E-state index in [0.29, 0.717) is 49.7 Å². The quantitative estimate of drug-likeness (QED) is 0.699. The van der Waals surface area contributed by atoms with E-state index in [1.807, 2.05) is 0 Å². The molecule has 2 fully saturated rings. The average molecular weight is 462 g/mol. The number of benzene rings is 1. The number of aryl methyl sites for hydroxylation is 1. The van der Waals surface area contributed by atoms with Crippen LogP contribution >= 0.6 is 0 Å². The molecule has 1 unspecified atom stereocenters. The summed E-state index contributed by atoms with van der Waals surface area (Å²) in [4.78, 5) is 29.1. The summed E-state index contributed by atoms with van der Waals surface area (Å²) >= 11 is 0. The van der Waals surface area contributed by atoms with Crippen molar-refractivity contribution in [2.24, 2.45) is 0 Å². The van der Waals surface area contributed by atoms with E-state index in [1.54, 1.807) is 34.9 Å². The highest BCUT2D eigenvalue weighted by Crippen LogP contribution is 2.20. The smallest absolute Gasteiger partial charge is 0.254 e. The molecule has 0 spiro atoms. The van der Waals surface area contributed by atoms with Crippen LogP contribution in [0, 0.1) is 6.92 Å². The van der Waals surface area contributed by atoms with Gasteiger partial charge < -0.3 is 19.0 Å². The van der Waals surface area contributed by atoms with Crippen molar-refractivity contribution >= 4 is 21.8 Å². The average Bonchev–Trinajstić information content (AvgIpc) is 3.51. The number of piperazine rings is 1. The van der Waals surface area contributed by atoms with Crippen molar-refractivity contribution < 1.29 is 27.2 Å². The van der Waals surface area contributed by atoms with Crippen LogP contribution in [0.4, 0.5) is 0 Å². The summed E-state index contributed by atoms with van der Waals surface area (Å²) in [6, 6.07) is 7.88. The third kappa shape index (κ3) is 4.87. The Morgan fingerprint density at radius 1 is 1.12 bits per heavy atom. The molecule has 2 aromatic rings. The molecule has 172 valence electrons. The van der Waals surface area contributed by atoms with E-state index < -0.39 is 10.0 Å². The Hall–Kier alpha value is -2.69. The molecule has 0 bridgehead atoms. The summed E-state index contributed by atoms with van der Waals surface area (Å²) in [7, 11) is -3.82. The summed E-state index contributed by atoms with van der Waals surface area (Å²) in [6.07, 6.45) is 2.74. The predicted octanol–water partition coefficient (Wildman–Crippen LogP) is 1.53. The lowest BCUT2D eigenvalue weighted by Gasteiger charge is -2.36. The van der Waals surface area contributed by atoms with Crippen LogP contribution < -0.4 is 4.72 Å². The fourth-order valence-corrected chi connectivity index (χ4v) is 4.96. The van der Waals surface area contributed by atoms with Gasteiger partial charge >= 0.3 is 0 Å². The first-order valence-corrected chi connectivity index (χ1v) is 12.2. The van der Waals surface area contributed by atoms with Crippen molar-refractivity contribution in [3.05, 3.63) is 53.5 Å². The van der Waals surface area contributed by atoms with Crippen molar-refractivity contribution in [3.63, 3.8) is 0 Å². The molecule has 1 aromatic carbocycles. The monoisotopic (exact) mass is 461 g/mol. The summed E-state index contributed by atoms with van der Waals surface area (Å²) in [5.41, 5.74) is 1.03. The maximum absolute atomic E-state index is 13.1. The van der Waals surface area contributed by atoms with Crippen molar-refractivity contribution in [1.82, 2.24) is 14.5 Å². The lowest BCUT2D eigenvalue weighted by atomic mass is 10.1. The molecule has 2 amide bonds. The first kappa shape index (κ1) is 22.5. The van der Waals surface area contributed by atoms with Crippen molar-refractivity contribution in [2.75, 3.05) is 32.8 Å². The minimum Gasteiger partial charge on any atom is -0.468 e. The van der Waals surface area contributed by atoms with Crippen LogP contribution in [0.25, 0.3) is 0 Å². The Morgan fingerprint density at radius 3 is 2.53 bits per heavy atom. The molecule has 0 saturated carbocycles. The molecule has 3 heterocycles. The summed E-state index contributed by atoms with van der Waals surface area (Å²) < 4.78 is 38.5. The maximum Gasteiger partial charge on any atom is 0.254 e. The number of nitrogens with zero attached hydrogens (tertiary/aromatic N) is 2. The van der Waals surface area contributed by atoms with E-state index in [-0.39, 0.29) is 29.4 Å². The Labute approximate surface area is 187 Å². The van der Waals surface area contributed by atoms with Gasteiger partial charge in [0.05, 0.1) is 17.7 Å². The lowest BCUT2D eigenvalue weighted by molar-refractivity contribution is -0.142. The normalized spacial score (nSPS) is 19.3. The molecule has 10 heteroatoms. The van der Waals surface area contributed by atoms with E-state index in [0.717, 1.165) is 12.8 Å². The molecule has 9 nitrogen and oxygen atoms in total. The van der Waals surface area contributed by atoms with Gasteiger partial charge in [0.1, 0.15) is 11.9 Å². The molecular weight excluding hydrogens is 434 g/mol. The third-order valence-electron chi connectivity index (χ3n) is 5.85. The topological polar surface area (TPSA) is 109 Å². The van der Waals surface area contributed by atoms with Crippen LogP contribution in [-0.2, 0) is 26.1 Å². The van der Waals surface area contributed by atoms with Gasteiger partial charge in [-0.2, -0.15) is 0 Å². The van der Waals surface area contributed by atoms with E-state index in [1.165, 1.54) is 18.4 Å². The number of furan rings is 1. The Bertz CT molecular complexity index is 1070. The predicted molar refractivity (Wildman–Crippen MR) is 115 cm³/mol. The number of hydrogen-bond acceptors (Lipinski definition) is 6. The fourth-order valence-electron chi connectivity index (χ4n) is 3.94. The van der Waals surface area contributed by atoms with Gasteiger partial charge in [-0.25, -0.2) is 13.1 Å². The van der Waals surface area contributed by atoms with Crippen LogP contribution in [0.15, 0.2) is 45.9 Å². The maximum atomic E-state index is 13.1. The second-order valence-corrected chi connectivity index (χ2v) is 9.77. The molecule has 1 atom stereocenters. The van der Waals surface area contributed by atoms with Gasteiger partial charge in [-0.05, 0) is 49.6 Å². The zero-order valence-corrected chi connectivity index (χ0v) is 18.8. The van der Waals surface area contributed by atoms with E-state index in [9.17, 15) is 18.0 Å². The molecule has 2 saturated heterocycles. The largest absolute Gasteiger partial charge is 0.468 e. The second-order valence-electron chi connectivity index (χ2n) is 8.00. The van der Waals surface area contributed by atoms with Gasteiger partial charge in [0.2, 0.25) is 10.0 Å². The molecule has 1 aromatic heterocycles. The third-order valence-corrected chi connectivity index (χ3v) is 7.25. The van der Waals surface area contributed by atoms with Crippen LogP contribution in [0.5, 0.6) is 0 Å². The first-order chi connectivity index (χ1) is 15.3. The molecular formula is C22H27N3O6S. The number of nitrogens with one attached hydrogen (secondary N) is 1. The highest BCUT2D eigenvalue weighted by molar-refractivity contribution is 7.89. The number of hydrogen-bond donors (Lipinski definition) is 1. The Kier molecular flexibility index (Phi) is 6.63. The van der Waals surface area contributed by atoms with E-state index in [4.69, 9.17) is 9.15 Å². The number of amides is 2.